The molecule has 114 valence electrons. The molecule has 0 N–H and O–H groups in total. The number of aromatic nitrogens is 2. The van der Waals surface area contributed by atoms with Crippen molar-refractivity contribution < 1.29 is 9.53 Å². The third-order valence-electron chi connectivity index (χ3n) is 3.39. The number of hydrogen-bond donors (Lipinski definition) is 0. The van der Waals surface area contributed by atoms with E-state index in [-0.39, 0.29) is 17.3 Å². The predicted molar refractivity (Wildman–Crippen MR) is 87.6 cm³/mol. The Labute approximate surface area is 137 Å². The van der Waals surface area contributed by atoms with Crippen LogP contribution in [0.2, 0.25) is 0 Å². The van der Waals surface area contributed by atoms with Gasteiger partial charge in [0, 0.05) is 4.47 Å². The van der Waals surface area contributed by atoms with Gasteiger partial charge in [-0.05, 0) is 31.0 Å². The average Bonchev–Trinajstić information content (AvgIpc) is 2.77. The summed E-state index contributed by atoms with van der Waals surface area (Å²) in [6.07, 6.45) is 0. The van der Waals surface area contributed by atoms with Gasteiger partial charge in [-0.3, -0.25) is 0 Å². The van der Waals surface area contributed by atoms with Crippen LogP contribution in [0, 0.1) is 5.92 Å². The first kappa shape index (κ1) is 16.3. The fourth-order valence-corrected chi connectivity index (χ4v) is 2.96. The molecule has 2 rings (SSSR count). The average molecular weight is 374 g/mol. The third kappa shape index (κ3) is 3.09. The van der Waals surface area contributed by atoms with E-state index in [4.69, 9.17) is 16.3 Å². The molecule has 1 aromatic heterocycles. The number of nitrogens with zero attached hydrogens (tertiary/aromatic N) is 2. The maximum absolute atomic E-state index is 12.2. The molecule has 0 saturated heterocycles. The molecule has 0 aliphatic carbocycles. The lowest BCUT2D eigenvalue weighted by Gasteiger charge is -2.23. The van der Waals surface area contributed by atoms with Crippen LogP contribution < -0.4 is 0 Å². The zero-order chi connectivity index (χ0) is 15.7. The number of imidazole rings is 1. The van der Waals surface area contributed by atoms with Crippen LogP contribution in [0.4, 0.5) is 0 Å². The molecule has 0 amide bonds. The molecule has 0 spiro atoms. The van der Waals surface area contributed by atoms with Gasteiger partial charge in [0.15, 0.2) is 0 Å². The van der Waals surface area contributed by atoms with Gasteiger partial charge in [0.2, 0.25) is 0 Å². The number of halogens is 2. The van der Waals surface area contributed by atoms with Crippen LogP contribution in [0.1, 0.15) is 38.0 Å². The van der Waals surface area contributed by atoms with Crippen molar-refractivity contribution in [2.45, 2.75) is 32.2 Å². The Bertz CT molecular complexity index is 667. The standard InChI is InChI=1S/C15H18BrClN2O2/c1-8(2)13(15(20)21-4)19-12-7-10(16)5-6-11(12)18-14(19)9(3)17/h5-9,13H,1-4H3. The quantitative estimate of drug-likeness (QED) is 0.587. The van der Waals surface area contributed by atoms with Gasteiger partial charge in [-0.2, -0.15) is 0 Å². The molecule has 6 heteroatoms. The number of fused-ring (bicyclic) bond motifs is 1. The van der Waals surface area contributed by atoms with Gasteiger partial charge in [0.1, 0.15) is 11.9 Å². The van der Waals surface area contributed by atoms with Gasteiger partial charge in [0.25, 0.3) is 0 Å². The summed E-state index contributed by atoms with van der Waals surface area (Å²) in [6, 6.07) is 5.33. The highest BCUT2D eigenvalue weighted by Crippen LogP contribution is 2.33. The molecule has 2 aromatic rings. The van der Waals surface area contributed by atoms with Gasteiger partial charge in [-0.1, -0.05) is 29.8 Å². The largest absolute Gasteiger partial charge is 0.467 e. The van der Waals surface area contributed by atoms with Crippen LogP contribution in [-0.4, -0.2) is 22.6 Å². The maximum atomic E-state index is 12.2. The van der Waals surface area contributed by atoms with E-state index in [1.807, 2.05) is 43.5 Å². The van der Waals surface area contributed by atoms with Gasteiger partial charge < -0.3 is 9.30 Å². The first-order chi connectivity index (χ1) is 9.86. The second-order valence-corrected chi connectivity index (χ2v) is 6.87. The molecule has 1 heterocycles. The number of ether oxygens (including phenoxy) is 1. The van der Waals surface area contributed by atoms with Crippen LogP contribution in [0.15, 0.2) is 22.7 Å². The Morgan fingerprint density at radius 3 is 2.57 bits per heavy atom. The van der Waals surface area contributed by atoms with Crippen LogP contribution >= 0.6 is 27.5 Å². The number of methoxy groups -OCH3 is 1. The number of alkyl halides is 1. The van der Waals surface area contributed by atoms with E-state index < -0.39 is 6.04 Å². The summed E-state index contributed by atoms with van der Waals surface area (Å²) in [5.41, 5.74) is 1.69. The highest BCUT2D eigenvalue weighted by molar-refractivity contribution is 9.10. The van der Waals surface area contributed by atoms with E-state index in [9.17, 15) is 4.79 Å². The van der Waals surface area contributed by atoms with Crippen molar-refractivity contribution in [1.82, 2.24) is 9.55 Å². The summed E-state index contributed by atoms with van der Waals surface area (Å²) in [4.78, 5) is 16.8. The minimum Gasteiger partial charge on any atom is -0.467 e. The van der Waals surface area contributed by atoms with E-state index in [1.54, 1.807) is 0 Å². The fraction of sp³-hybridized carbons (Fsp3) is 0.467. The summed E-state index contributed by atoms with van der Waals surface area (Å²) in [6.45, 7) is 5.81. The Morgan fingerprint density at radius 2 is 2.05 bits per heavy atom. The van der Waals surface area contributed by atoms with E-state index >= 15 is 0 Å². The first-order valence-electron chi connectivity index (χ1n) is 6.76. The monoisotopic (exact) mass is 372 g/mol. The molecule has 0 bridgehead atoms. The third-order valence-corrected chi connectivity index (χ3v) is 4.08. The highest BCUT2D eigenvalue weighted by Gasteiger charge is 2.30. The van der Waals surface area contributed by atoms with Crippen molar-refractivity contribution in [3.8, 4) is 0 Å². The Kier molecular flexibility index (Phi) is 4.94. The fourth-order valence-electron chi connectivity index (χ4n) is 2.45. The second kappa shape index (κ2) is 6.36. The Hall–Kier alpha value is -1.07. The van der Waals surface area contributed by atoms with Crippen LogP contribution in [-0.2, 0) is 9.53 Å². The van der Waals surface area contributed by atoms with Gasteiger partial charge in [-0.15, -0.1) is 11.6 Å². The first-order valence-corrected chi connectivity index (χ1v) is 7.99. The number of carbonyl (C=O) groups is 1. The lowest BCUT2D eigenvalue weighted by molar-refractivity contribution is -0.146. The Balaban J connectivity index is 2.76. The van der Waals surface area contributed by atoms with E-state index in [0.717, 1.165) is 15.5 Å². The molecule has 1 aromatic carbocycles. The van der Waals surface area contributed by atoms with Crippen LogP contribution in [0.3, 0.4) is 0 Å². The van der Waals surface area contributed by atoms with Crippen molar-refractivity contribution in [3.63, 3.8) is 0 Å². The van der Waals surface area contributed by atoms with Crippen LogP contribution in [0.5, 0.6) is 0 Å². The lowest BCUT2D eigenvalue weighted by atomic mass is 10.0. The van der Waals surface area contributed by atoms with Gasteiger partial charge in [-0.25, -0.2) is 9.78 Å². The number of rotatable bonds is 4. The van der Waals surface area contributed by atoms with Gasteiger partial charge >= 0.3 is 5.97 Å². The van der Waals surface area contributed by atoms with Crippen molar-refractivity contribution in [2.24, 2.45) is 5.92 Å². The van der Waals surface area contributed by atoms with Crippen molar-refractivity contribution in [2.75, 3.05) is 7.11 Å². The minimum absolute atomic E-state index is 0.0583. The smallest absolute Gasteiger partial charge is 0.329 e. The summed E-state index contributed by atoms with van der Waals surface area (Å²) in [5, 5.41) is -0.304. The molecule has 0 fully saturated rings. The van der Waals surface area contributed by atoms with Crippen molar-refractivity contribution in [1.29, 1.82) is 0 Å². The molecule has 0 saturated carbocycles. The van der Waals surface area contributed by atoms with Crippen LogP contribution in [0.25, 0.3) is 11.0 Å². The number of benzene rings is 1. The normalized spacial score (nSPS) is 14.4. The summed E-state index contributed by atoms with van der Waals surface area (Å²) in [7, 11) is 1.40. The molecule has 4 nitrogen and oxygen atoms in total. The zero-order valence-electron chi connectivity index (χ0n) is 12.4. The Morgan fingerprint density at radius 1 is 1.38 bits per heavy atom. The summed E-state index contributed by atoms with van der Waals surface area (Å²) >= 11 is 9.73. The molecule has 0 aliphatic rings. The molecule has 0 radical (unpaired) electrons. The number of esters is 1. The molecule has 2 unspecified atom stereocenters. The SMILES string of the molecule is COC(=O)C(C(C)C)n1c(C(C)Cl)nc2ccc(Br)cc21. The van der Waals surface area contributed by atoms with Crippen molar-refractivity contribution >= 4 is 44.5 Å². The summed E-state index contributed by atoms with van der Waals surface area (Å²) < 4.78 is 7.79. The van der Waals surface area contributed by atoms with Gasteiger partial charge in [0.05, 0.1) is 23.5 Å². The number of hydrogen-bond acceptors (Lipinski definition) is 3. The molecule has 2 atom stereocenters. The maximum Gasteiger partial charge on any atom is 0.329 e. The minimum atomic E-state index is -0.453. The van der Waals surface area contributed by atoms with Crippen molar-refractivity contribution in [3.05, 3.63) is 28.5 Å². The topological polar surface area (TPSA) is 44.1 Å². The lowest BCUT2D eigenvalue weighted by Crippen LogP contribution is -2.27. The molecular formula is C15H18BrClN2O2. The molecule has 21 heavy (non-hydrogen) atoms. The second-order valence-electron chi connectivity index (χ2n) is 5.30. The zero-order valence-corrected chi connectivity index (χ0v) is 14.8. The van der Waals surface area contributed by atoms with E-state index in [2.05, 4.69) is 20.9 Å². The van der Waals surface area contributed by atoms with E-state index in [1.165, 1.54) is 7.11 Å². The summed E-state index contributed by atoms with van der Waals surface area (Å²) in [5.74, 6) is 0.444. The highest BCUT2D eigenvalue weighted by atomic mass is 79.9. The van der Waals surface area contributed by atoms with E-state index in [0.29, 0.717) is 5.82 Å². The number of carbonyl (C=O) groups excluding carboxylic acids is 1. The molecular weight excluding hydrogens is 356 g/mol. The predicted octanol–water partition coefficient (Wildman–Crippen LogP) is 4.47. The molecule has 0 aliphatic heterocycles.